The Morgan fingerprint density at radius 2 is 1.83 bits per heavy atom. The monoisotopic (exact) mass is 467 g/mol. The molecular weight excluding hydrogens is 445 g/mol. The molecule has 1 aromatic heterocycles. The van der Waals surface area contributed by atoms with Crippen LogP contribution in [-0.2, 0) is 4.79 Å². The molecular formula is C24H23BrFN3O. The lowest BCUT2D eigenvalue weighted by Gasteiger charge is -2.54. The molecule has 1 saturated carbocycles. The number of rotatable bonds is 3. The number of anilines is 2. The van der Waals surface area contributed by atoms with Crippen molar-refractivity contribution in [2.24, 2.45) is 11.3 Å². The van der Waals surface area contributed by atoms with Gasteiger partial charge in [-0.25, -0.2) is 4.39 Å². The summed E-state index contributed by atoms with van der Waals surface area (Å²) in [5.74, 6) is -0.0348. The summed E-state index contributed by atoms with van der Waals surface area (Å²) >= 11 is 3.41. The third kappa shape index (κ3) is 3.69. The number of pyridine rings is 1. The molecule has 1 N–H and O–H groups in total. The maximum absolute atomic E-state index is 13.8. The molecule has 2 aromatic carbocycles. The van der Waals surface area contributed by atoms with Crippen molar-refractivity contribution in [1.82, 2.24) is 4.98 Å². The van der Waals surface area contributed by atoms with E-state index in [1.54, 1.807) is 18.3 Å². The van der Waals surface area contributed by atoms with Crippen LogP contribution in [0.1, 0.15) is 25.7 Å². The number of hydrogen-bond acceptors (Lipinski definition) is 3. The van der Waals surface area contributed by atoms with E-state index in [9.17, 15) is 9.18 Å². The summed E-state index contributed by atoms with van der Waals surface area (Å²) in [4.78, 5) is 19.3. The first-order valence-corrected chi connectivity index (χ1v) is 11.2. The molecule has 3 aromatic rings. The van der Waals surface area contributed by atoms with E-state index in [-0.39, 0.29) is 23.1 Å². The predicted molar refractivity (Wildman–Crippen MR) is 121 cm³/mol. The Morgan fingerprint density at radius 3 is 2.57 bits per heavy atom. The third-order valence-electron chi connectivity index (χ3n) is 6.60. The molecule has 4 nitrogen and oxygen atoms in total. The van der Waals surface area contributed by atoms with Crippen molar-refractivity contribution >= 4 is 44.1 Å². The third-order valence-corrected chi connectivity index (χ3v) is 7.13. The van der Waals surface area contributed by atoms with E-state index in [1.165, 1.54) is 6.07 Å². The van der Waals surface area contributed by atoms with Gasteiger partial charge in [-0.3, -0.25) is 9.78 Å². The molecule has 1 aliphatic carbocycles. The minimum Gasteiger partial charge on any atom is -0.370 e. The fourth-order valence-corrected chi connectivity index (χ4v) is 5.16. The van der Waals surface area contributed by atoms with Crippen molar-refractivity contribution < 1.29 is 9.18 Å². The number of hydrogen-bond donors (Lipinski definition) is 1. The highest BCUT2D eigenvalue weighted by molar-refractivity contribution is 9.10. The van der Waals surface area contributed by atoms with Crippen molar-refractivity contribution in [2.75, 3.05) is 23.3 Å². The van der Waals surface area contributed by atoms with Crippen LogP contribution in [0.4, 0.5) is 15.8 Å². The summed E-state index contributed by atoms with van der Waals surface area (Å²) in [6.07, 6.45) is 5.74. The van der Waals surface area contributed by atoms with Crippen LogP contribution in [0, 0.1) is 17.2 Å². The topological polar surface area (TPSA) is 45.2 Å². The summed E-state index contributed by atoms with van der Waals surface area (Å²) in [5.41, 5.74) is 3.00. The van der Waals surface area contributed by atoms with Crippen LogP contribution in [0.3, 0.4) is 0 Å². The standard InChI is InChI=1S/C24H23BrFN3O/c25-17-1-4-19(5-2-17)28-23(30)16-7-10-24(11-8-16)14-29(15-24)22-9-12-27-21-6-3-18(26)13-20(21)22/h1-6,9,12-13,16H,7-8,10-11,14-15H2,(H,28,30). The second kappa shape index (κ2) is 7.65. The van der Waals surface area contributed by atoms with E-state index in [0.29, 0.717) is 0 Å². The van der Waals surface area contributed by atoms with E-state index >= 15 is 0 Å². The van der Waals surface area contributed by atoms with E-state index in [0.717, 1.165) is 65.5 Å². The molecule has 1 saturated heterocycles. The van der Waals surface area contributed by atoms with Gasteiger partial charge in [0.2, 0.25) is 5.91 Å². The maximum Gasteiger partial charge on any atom is 0.227 e. The van der Waals surface area contributed by atoms with Crippen molar-refractivity contribution in [2.45, 2.75) is 25.7 Å². The highest BCUT2D eigenvalue weighted by atomic mass is 79.9. The normalized spacial score (nSPS) is 18.4. The summed E-state index contributed by atoms with van der Waals surface area (Å²) in [5, 5.41) is 3.92. The number of carbonyl (C=O) groups excluding carboxylic acids is 1. The van der Waals surface area contributed by atoms with Gasteiger partial charge in [-0.1, -0.05) is 15.9 Å². The first-order valence-electron chi connectivity index (χ1n) is 10.4. The Hall–Kier alpha value is -2.47. The second-order valence-corrected chi connectivity index (χ2v) is 9.53. The molecule has 2 fully saturated rings. The van der Waals surface area contributed by atoms with Crippen molar-refractivity contribution in [3.63, 3.8) is 0 Å². The van der Waals surface area contributed by atoms with Crippen LogP contribution in [0.15, 0.2) is 59.2 Å². The predicted octanol–water partition coefficient (Wildman–Crippen LogP) is 5.77. The zero-order chi connectivity index (χ0) is 20.7. The van der Waals surface area contributed by atoms with Crippen LogP contribution < -0.4 is 10.2 Å². The van der Waals surface area contributed by atoms with Gasteiger partial charge in [0.25, 0.3) is 0 Å². The van der Waals surface area contributed by atoms with Crippen molar-refractivity contribution in [1.29, 1.82) is 0 Å². The van der Waals surface area contributed by atoms with E-state index in [1.807, 2.05) is 30.3 Å². The van der Waals surface area contributed by atoms with Gasteiger partial charge in [0.1, 0.15) is 5.82 Å². The second-order valence-electron chi connectivity index (χ2n) is 8.62. The van der Waals surface area contributed by atoms with Gasteiger partial charge >= 0.3 is 0 Å². The smallest absolute Gasteiger partial charge is 0.227 e. The lowest BCUT2D eigenvalue weighted by molar-refractivity contribution is -0.121. The van der Waals surface area contributed by atoms with Crippen LogP contribution in [-0.4, -0.2) is 24.0 Å². The lowest BCUT2D eigenvalue weighted by Crippen LogP contribution is -2.58. The molecule has 5 rings (SSSR count). The Bertz CT molecular complexity index is 1090. The van der Waals surface area contributed by atoms with Crippen molar-refractivity contribution in [3.8, 4) is 0 Å². The minimum atomic E-state index is -0.232. The summed E-state index contributed by atoms with van der Waals surface area (Å²) in [6, 6.07) is 14.4. The van der Waals surface area contributed by atoms with Gasteiger partial charge in [-0.2, -0.15) is 0 Å². The van der Waals surface area contributed by atoms with Crippen LogP contribution in [0.2, 0.25) is 0 Å². The first kappa shape index (κ1) is 19.5. The molecule has 30 heavy (non-hydrogen) atoms. The average Bonchev–Trinajstić information content (AvgIpc) is 2.73. The SMILES string of the molecule is O=C(Nc1ccc(Br)cc1)C1CCC2(CC1)CN(c1ccnc3ccc(F)cc13)C2. The maximum atomic E-state index is 13.8. The Labute approximate surface area is 183 Å². The average molecular weight is 468 g/mol. The largest absolute Gasteiger partial charge is 0.370 e. The molecule has 2 aliphatic rings. The Kier molecular flexibility index (Phi) is 4.97. The van der Waals surface area contributed by atoms with Crippen LogP contribution >= 0.6 is 15.9 Å². The molecule has 0 bridgehead atoms. The Morgan fingerprint density at radius 1 is 1.10 bits per heavy atom. The van der Waals surface area contributed by atoms with Gasteiger partial charge in [0, 0.05) is 51.9 Å². The zero-order valence-corrected chi connectivity index (χ0v) is 18.2. The molecule has 0 atom stereocenters. The first-order chi connectivity index (χ1) is 14.5. The lowest BCUT2D eigenvalue weighted by atomic mass is 9.65. The molecule has 2 heterocycles. The van der Waals surface area contributed by atoms with Crippen molar-refractivity contribution in [3.05, 3.63) is 65.0 Å². The fraction of sp³-hybridized carbons (Fsp3) is 0.333. The van der Waals surface area contributed by atoms with E-state index < -0.39 is 0 Å². The van der Waals surface area contributed by atoms with Gasteiger partial charge in [0.05, 0.1) is 5.52 Å². The number of carbonyl (C=O) groups is 1. The molecule has 1 aliphatic heterocycles. The van der Waals surface area contributed by atoms with Gasteiger partial charge in [-0.05, 0) is 74.2 Å². The highest BCUT2D eigenvalue weighted by Crippen LogP contribution is 2.48. The Balaban J connectivity index is 1.21. The van der Waals surface area contributed by atoms with Gasteiger partial charge in [-0.15, -0.1) is 0 Å². The van der Waals surface area contributed by atoms with Crippen LogP contribution in [0.5, 0.6) is 0 Å². The van der Waals surface area contributed by atoms with Crippen LogP contribution in [0.25, 0.3) is 10.9 Å². The number of aromatic nitrogens is 1. The minimum absolute atomic E-state index is 0.0733. The number of halogens is 2. The molecule has 1 amide bonds. The quantitative estimate of drug-likeness (QED) is 0.531. The van der Waals surface area contributed by atoms with Gasteiger partial charge < -0.3 is 10.2 Å². The number of amides is 1. The molecule has 154 valence electrons. The number of nitrogens with zero attached hydrogens (tertiary/aromatic N) is 2. The van der Waals surface area contributed by atoms with Gasteiger partial charge in [0.15, 0.2) is 0 Å². The molecule has 6 heteroatoms. The number of fused-ring (bicyclic) bond motifs is 1. The van der Waals surface area contributed by atoms with E-state index in [2.05, 4.69) is 31.1 Å². The molecule has 0 radical (unpaired) electrons. The summed E-state index contributed by atoms with van der Waals surface area (Å²) in [6.45, 7) is 1.92. The number of benzene rings is 2. The highest BCUT2D eigenvalue weighted by Gasteiger charge is 2.46. The zero-order valence-electron chi connectivity index (χ0n) is 16.6. The fourth-order valence-electron chi connectivity index (χ4n) is 4.90. The summed E-state index contributed by atoms with van der Waals surface area (Å²) in [7, 11) is 0. The van der Waals surface area contributed by atoms with E-state index in [4.69, 9.17) is 0 Å². The summed E-state index contributed by atoms with van der Waals surface area (Å²) < 4.78 is 14.8. The number of nitrogens with one attached hydrogen (secondary N) is 1. The molecule has 0 unspecified atom stereocenters. The molecule has 1 spiro atoms.